The molecule has 0 saturated carbocycles. The molecule has 2 aromatic carbocycles. The largest absolute Gasteiger partial charge is 0.612 e. The van der Waals surface area contributed by atoms with Gasteiger partial charge in [0.2, 0.25) is 0 Å². The van der Waals surface area contributed by atoms with Crippen LogP contribution in [0.2, 0.25) is 0 Å². The predicted octanol–water partition coefficient (Wildman–Crippen LogP) is 4.91. The molecule has 0 aliphatic heterocycles. The smallest absolute Gasteiger partial charge is 0.152 e. The molecule has 22 heavy (non-hydrogen) atoms. The summed E-state index contributed by atoms with van der Waals surface area (Å²) in [7, 11) is 0. The second kappa shape index (κ2) is 5.75. The average molecular weight is 312 g/mol. The molecule has 0 radical (unpaired) electrons. The fourth-order valence-corrected chi connectivity index (χ4v) is 3.30. The molecule has 0 saturated heterocycles. The van der Waals surface area contributed by atoms with E-state index < -0.39 is 11.2 Å². The van der Waals surface area contributed by atoms with Crippen LogP contribution < -0.4 is 0 Å². The van der Waals surface area contributed by atoms with Gasteiger partial charge in [0.15, 0.2) is 4.90 Å². The van der Waals surface area contributed by atoms with Crippen LogP contribution in [0.3, 0.4) is 0 Å². The molecule has 112 valence electrons. The summed E-state index contributed by atoms with van der Waals surface area (Å²) in [4.78, 5) is 0.819. The van der Waals surface area contributed by atoms with Crippen molar-refractivity contribution in [3.63, 3.8) is 0 Å². The Morgan fingerprint density at radius 1 is 0.955 bits per heavy atom. The second-order valence-electron chi connectivity index (χ2n) is 5.52. The third-order valence-corrected chi connectivity index (χ3v) is 5.10. The SMILES string of the molecule is CC1=C(C)c2cc(F)ccc2/C1=C/c1ccc([S+](C)[O-])cc1. The highest BCUT2D eigenvalue weighted by molar-refractivity contribution is 7.90. The van der Waals surface area contributed by atoms with Gasteiger partial charge in [0, 0.05) is 0 Å². The number of allylic oxidation sites excluding steroid dienone is 3. The minimum atomic E-state index is -0.964. The second-order valence-corrected chi connectivity index (χ2v) is 6.90. The molecule has 1 nitrogen and oxygen atoms in total. The molecule has 1 unspecified atom stereocenters. The summed E-state index contributed by atoms with van der Waals surface area (Å²) in [6.45, 7) is 4.09. The highest BCUT2D eigenvalue weighted by Gasteiger charge is 2.21. The number of hydrogen-bond donors (Lipinski definition) is 0. The molecule has 1 aliphatic carbocycles. The van der Waals surface area contributed by atoms with Crippen LogP contribution in [-0.4, -0.2) is 10.8 Å². The highest BCUT2D eigenvalue weighted by Crippen LogP contribution is 2.41. The number of benzene rings is 2. The maximum Gasteiger partial charge on any atom is 0.152 e. The minimum absolute atomic E-state index is 0.207. The molecule has 3 rings (SSSR count). The van der Waals surface area contributed by atoms with Crippen LogP contribution in [0.1, 0.15) is 30.5 Å². The van der Waals surface area contributed by atoms with Gasteiger partial charge in [-0.05, 0) is 101 Å². The topological polar surface area (TPSA) is 23.1 Å². The van der Waals surface area contributed by atoms with Gasteiger partial charge in [0.05, 0.1) is 0 Å². The molecule has 0 bridgehead atoms. The quantitative estimate of drug-likeness (QED) is 0.723. The Morgan fingerprint density at radius 3 is 2.27 bits per heavy atom. The normalized spacial score (nSPS) is 17.0. The lowest BCUT2D eigenvalue weighted by Crippen LogP contribution is -1.96. The van der Waals surface area contributed by atoms with E-state index in [1.807, 2.05) is 37.3 Å². The maximum absolute atomic E-state index is 13.5. The minimum Gasteiger partial charge on any atom is -0.612 e. The van der Waals surface area contributed by atoms with E-state index >= 15 is 0 Å². The molecular formula is C19H17FOS. The Morgan fingerprint density at radius 2 is 1.64 bits per heavy atom. The van der Waals surface area contributed by atoms with Gasteiger partial charge in [-0.25, -0.2) is 4.39 Å². The monoisotopic (exact) mass is 312 g/mol. The summed E-state index contributed by atoms with van der Waals surface area (Å²) < 4.78 is 24.9. The van der Waals surface area contributed by atoms with E-state index in [0.29, 0.717) is 0 Å². The number of hydrogen-bond acceptors (Lipinski definition) is 1. The molecule has 0 N–H and O–H groups in total. The lowest BCUT2D eigenvalue weighted by Gasteiger charge is -2.06. The Balaban J connectivity index is 2.05. The molecule has 3 heteroatoms. The van der Waals surface area contributed by atoms with Gasteiger partial charge in [-0.1, -0.05) is 6.07 Å². The molecule has 0 spiro atoms. The molecule has 0 aromatic heterocycles. The summed E-state index contributed by atoms with van der Waals surface area (Å²) in [5.41, 5.74) is 6.50. The van der Waals surface area contributed by atoms with Gasteiger partial charge in [0.25, 0.3) is 0 Å². The van der Waals surface area contributed by atoms with Crippen LogP contribution in [0.4, 0.5) is 4.39 Å². The van der Waals surface area contributed by atoms with Crippen molar-refractivity contribution < 1.29 is 8.94 Å². The Hall–Kier alpha value is -1.84. The van der Waals surface area contributed by atoms with E-state index in [9.17, 15) is 8.94 Å². The Kier molecular flexibility index (Phi) is 3.94. The molecule has 0 amide bonds. The van der Waals surface area contributed by atoms with Gasteiger partial charge in [0.1, 0.15) is 12.1 Å². The number of fused-ring (bicyclic) bond motifs is 1. The zero-order valence-electron chi connectivity index (χ0n) is 12.8. The third kappa shape index (κ3) is 2.62. The Labute approximate surface area is 133 Å². The maximum atomic E-state index is 13.5. The van der Waals surface area contributed by atoms with Crippen molar-refractivity contribution >= 4 is 28.4 Å². The van der Waals surface area contributed by atoms with Gasteiger partial charge >= 0.3 is 0 Å². The van der Waals surface area contributed by atoms with Gasteiger partial charge in [-0.15, -0.1) is 0 Å². The first kappa shape index (κ1) is 15.1. The highest BCUT2D eigenvalue weighted by atomic mass is 32.2. The van der Waals surface area contributed by atoms with Gasteiger partial charge in [-0.2, -0.15) is 0 Å². The summed E-state index contributed by atoms with van der Waals surface area (Å²) in [5, 5.41) is 0. The standard InChI is InChI=1S/C19H17FOS/c1-12-13(2)19-11-15(20)6-9-17(19)18(12)10-14-4-7-16(8-5-14)22(3)21/h4-11H,1-3H3/b18-10+. The number of rotatable bonds is 2. The zero-order chi connectivity index (χ0) is 15.9. The average Bonchev–Trinajstić information content (AvgIpc) is 2.73. The van der Waals surface area contributed by atoms with E-state index in [1.54, 1.807) is 12.3 Å². The lowest BCUT2D eigenvalue weighted by atomic mass is 10.0. The van der Waals surface area contributed by atoms with E-state index in [-0.39, 0.29) is 5.82 Å². The first-order valence-corrected chi connectivity index (χ1v) is 8.66. The molecule has 0 fully saturated rings. The van der Waals surface area contributed by atoms with Crippen molar-refractivity contribution in [2.45, 2.75) is 18.7 Å². The third-order valence-electron chi connectivity index (χ3n) is 4.17. The van der Waals surface area contributed by atoms with Crippen LogP contribution in [0.5, 0.6) is 0 Å². The summed E-state index contributed by atoms with van der Waals surface area (Å²) >= 11 is -0.964. The fraction of sp³-hybridized carbons (Fsp3) is 0.158. The summed E-state index contributed by atoms with van der Waals surface area (Å²) in [5.74, 6) is -0.207. The number of halogens is 1. The van der Waals surface area contributed by atoms with Crippen LogP contribution in [-0.2, 0) is 11.2 Å². The van der Waals surface area contributed by atoms with Crippen LogP contribution in [0.25, 0.3) is 17.2 Å². The van der Waals surface area contributed by atoms with E-state index in [0.717, 1.165) is 32.7 Å². The summed E-state index contributed by atoms with van der Waals surface area (Å²) in [6, 6.07) is 12.6. The van der Waals surface area contributed by atoms with E-state index in [2.05, 4.69) is 13.0 Å². The van der Waals surface area contributed by atoms with Crippen LogP contribution in [0, 0.1) is 5.82 Å². The molecule has 0 heterocycles. The zero-order valence-corrected chi connectivity index (χ0v) is 13.6. The summed E-state index contributed by atoms with van der Waals surface area (Å²) in [6.07, 6.45) is 3.77. The van der Waals surface area contributed by atoms with Crippen molar-refractivity contribution in [2.75, 3.05) is 6.26 Å². The molecule has 1 aliphatic rings. The van der Waals surface area contributed by atoms with Crippen molar-refractivity contribution in [3.05, 3.63) is 70.5 Å². The van der Waals surface area contributed by atoms with Gasteiger partial charge < -0.3 is 4.55 Å². The predicted molar refractivity (Wildman–Crippen MR) is 91.3 cm³/mol. The van der Waals surface area contributed by atoms with Crippen molar-refractivity contribution in [2.24, 2.45) is 0 Å². The van der Waals surface area contributed by atoms with Crippen LogP contribution in [0.15, 0.2) is 52.9 Å². The first-order valence-electron chi connectivity index (χ1n) is 7.10. The lowest BCUT2D eigenvalue weighted by molar-refractivity contribution is 0.601. The fourth-order valence-electron chi connectivity index (χ4n) is 2.78. The van der Waals surface area contributed by atoms with E-state index in [1.165, 1.54) is 11.6 Å². The van der Waals surface area contributed by atoms with Gasteiger partial charge in [-0.3, -0.25) is 0 Å². The van der Waals surface area contributed by atoms with Crippen LogP contribution >= 0.6 is 0 Å². The Bertz CT molecular complexity index is 786. The molecular weight excluding hydrogens is 295 g/mol. The van der Waals surface area contributed by atoms with Crippen molar-refractivity contribution in [1.82, 2.24) is 0 Å². The first-order chi connectivity index (χ1) is 10.5. The van der Waals surface area contributed by atoms with E-state index in [4.69, 9.17) is 0 Å². The molecule has 1 atom stereocenters. The molecule has 2 aromatic rings. The van der Waals surface area contributed by atoms with Crippen molar-refractivity contribution in [3.8, 4) is 0 Å². The van der Waals surface area contributed by atoms with Crippen molar-refractivity contribution in [1.29, 1.82) is 0 Å².